The molecule has 1 amide bonds. The summed E-state index contributed by atoms with van der Waals surface area (Å²) in [5.74, 6) is 1.48. The lowest BCUT2D eigenvalue weighted by Crippen LogP contribution is -2.49. The third kappa shape index (κ3) is 4.14. The highest BCUT2D eigenvalue weighted by atomic mass is 16.2. The Kier molecular flexibility index (Phi) is 4.95. The Labute approximate surface area is 146 Å². The van der Waals surface area contributed by atoms with Crippen molar-refractivity contribution < 1.29 is 4.79 Å². The van der Waals surface area contributed by atoms with Gasteiger partial charge in [-0.05, 0) is 19.1 Å². The van der Waals surface area contributed by atoms with E-state index in [1.807, 2.05) is 20.0 Å². The highest BCUT2D eigenvalue weighted by Gasteiger charge is 2.20. The molecule has 1 aliphatic rings. The standard InChI is InChI=1S/C17H21N7O/c1-13-9-16(22(2)21-13)20-17(25)12-23-5-7-24(8-6-23)15-10-14(11-18)3-4-19-15/h3-4,9-10H,5-8,12H2,1-2H3,(H,20,25). The van der Waals surface area contributed by atoms with Crippen LogP contribution >= 0.6 is 0 Å². The average molecular weight is 339 g/mol. The van der Waals surface area contributed by atoms with Crippen LogP contribution in [0, 0.1) is 18.3 Å². The smallest absolute Gasteiger partial charge is 0.239 e. The van der Waals surface area contributed by atoms with Crippen LogP contribution in [-0.2, 0) is 11.8 Å². The maximum absolute atomic E-state index is 12.2. The number of carbonyl (C=O) groups is 1. The van der Waals surface area contributed by atoms with Crippen LogP contribution in [0.25, 0.3) is 0 Å². The number of carbonyl (C=O) groups excluding carboxylic acids is 1. The summed E-state index contributed by atoms with van der Waals surface area (Å²) < 4.78 is 1.67. The number of anilines is 2. The first-order valence-corrected chi connectivity index (χ1v) is 8.19. The molecular formula is C17H21N7O. The van der Waals surface area contributed by atoms with E-state index < -0.39 is 0 Å². The first kappa shape index (κ1) is 16.9. The number of nitriles is 1. The lowest BCUT2D eigenvalue weighted by molar-refractivity contribution is -0.117. The topological polar surface area (TPSA) is 90.1 Å². The molecule has 2 aromatic heterocycles. The Balaban J connectivity index is 1.51. The minimum absolute atomic E-state index is 0.0407. The molecule has 1 saturated heterocycles. The number of aromatic nitrogens is 3. The highest BCUT2D eigenvalue weighted by Crippen LogP contribution is 2.15. The van der Waals surface area contributed by atoms with Crippen LogP contribution in [0.4, 0.5) is 11.6 Å². The van der Waals surface area contributed by atoms with Gasteiger partial charge in [-0.25, -0.2) is 4.98 Å². The number of amides is 1. The van der Waals surface area contributed by atoms with Crippen LogP contribution < -0.4 is 10.2 Å². The van der Waals surface area contributed by atoms with E-state index in [1.54, 1.807) is 23.0 Å². The Morgan fingerprint density at radius 1 is 1.32 bits per heavy atom. The number of aryl methyl sites for hydroxylation is 2. The Morgan fingerprint density at radius 3 is 2.72 bits per heavy atom. The van der Waals surface area contributed by atoms with Gasteiger partial charge >= 0.3 is 0 Å². The van der Waals surface area contributed by atoms with Crippen molar-refractivity contribution in [1.82, 2.24) is 19.7 Å². The summed E-state index contributed by atoms with van der Waals surface area (Å²) in [4.78, 5) is 20.8. The molecule has 3 heterocycles. The Hall–Kier alpha value is -2.92. The normalized spacial score (nSPS) is 15.0. The molecule has 0 saturated carbocycles. The minimum atomic E-state index is -0.0407. The number of piperazine rings is 1. The van der Waals surface area contributed by atoms with Crippen molar-refractivity contribution in [1.29, 1.82) is 5.26 Å². The highest BCUT2D eigenvalue weighted by molar-refractivity contribution is 5.91. The summed E-state index contributed by atoms with van der Waals surface area (Å²) in [5, 5.41) is 16.1. The third-order valence-corrected chi connectivity index (χ3v) is 4.21. The average Bonchev–Trinajstić information content (AvgIpc) is 2.92. The zero-order chi connectivity index (χ0) is 17.8. The molecule has 0 unspecified atom stereocenters. The molecule has 0 atom stereocenters. The third-order valence-electron chi connectivity index (χ3n) is 4.21. The van der Waals surface area contributed by atoms with Gasteiger partial charge in [0.25, 0.3) is 0 Å². The zero-order valence-corrected chi connectivity index (χ0v) is 14.4. The van der Waals surface area contributed by atoms with Crippen molar-refractivity contribution in [2.45, 2.75) is 6.92 Å². The number of nitrogens with zero attached hydrogens (tertiary/aromatic N) is 6. The monoisotopic (exact) mass is 339 g/mol. The van der Waals surface area contributed by atoms with E-state index in [4.69, 9.17) is 5.26 Å². The van der Waals surface area contributed by atoms with E-state index in [1.165, 1.54) is 0 Å². The summed E-state index contributed by atoms with van der Waals surface area (Å²) in [7, 11) is 1.81. The molecule has 1 fully saturated rings. The SMILES string of the molecule is Cc1cc(NC(=O)CN2CCN(c3cc(C#N)ccn3)CC2)n(C)n1. The van der Waals surface area contributed by atoms with E-state index in [0.717, 1.165) is 37.7 Å². The van der Waals surface area contributed by atoms with Gasteiger partial charge in [0, 0.05) is 45.5 Å². The second-order valence-corrected chi connectivity index (χ2v) is 6.12. The summed E-state index contributed by atoms with van der Waals surface area (Å²) >= 11 is 0. The van der Waals surface area contributed by atoms with Crippen molar-refractivity contribution in [3.05, 3.63) is 35.7 Å². The molecule has 25 heavy (non-hydrogen) atoms. The summed E-state index contributed by atoms with van der Waals surface area (Å²) in [6.45, 7) is 5.35. The molecular weight excluding hydrogens is 318 g/mol. The van der Waals surface area contributed by atoms with Crippen LogP contribution in [0.3, 0.4) is 0 Å². The Bertz CT molecular complexity index is 800. The van der Waals surface area contributed by atoms with Crippen molar-refractivity contribution >= 4 is 17.5 Å². The van der Waals surface area contributed by atoms with E-state index in [2.05, 4.69) is 31.3 Å². The van der Waals surface area contributed by atoms with Gasteiger partial charge in [0.05, 0.1) is 23.9 Å². The van der Waals surface area contributed by atoms with E-state index in [0.29, 0.717) is 17.9 Å². The number of pyridine rings is 1. The van der Waals surface area contributed by atoms with E-state index >= 15 is 0 Å². The van der Waals surface area contributed by atoms with Crippen LogP contribution in [0.1, 0.15) is 11.3 Å². The minimum Gasteiger partial charge on any atom is -0.354 e. The van der Waals surface area contributed by atoms with Gasteiger partial charge in [-0.3, -0.25) is 14.4 Å². The molecule has 3 rings (SSSR count). The second-order valence-electron chi connectivity index (χ2n) is 6.12. The predicted octanol–water partition coefficient (Wildman–Crippen LogP) is 0.756. The van der Waals surface area contributed by atoms with Gasteiger partial charge < -0.3 is 10.2 Å². The molecule has 0 aromatic carbocycles. The lowest BCUT2D eigenvalue weighted by atomic mass is 10.2. The molecule has 0 radical (unpaired) electrons. The number of nitrogens with one attached hydrogen (secondary N) is 1. The maximum atomic E-state index is 12.2. The van der Waals surface area contributed by atoms with Crippen LogP contribution in [0.2, 0.25) is 0 Å². The second kappa shape index (κ2) is 7.32. The molecule has 8 nitrogen and oxygen atoms in total. The summed E-state index contributed by atoms with van der Waals surface area (Å²) in [6, 6.07) is 7.48. The lowest BCUT2D eigenvalue weighted by Gasteiger charge is -2.35. The Morgan fingerprint density at radius 2 is 2.08 bits per heavy atom. The van der Waals surface area contributed by atoms with Crippen LogP contribution in [0.5, 0.6) is 0 Å². The molecule has 0 aliphatic carbocycles. The molecule has 8 heteroatoms. The molecule has 0 spiro atoms. The molecule has 2 aromatic rings. The fourth-order valence-electron chi connectivity index (χ4n) is 2.91. The quantitative estimate of drug-likeness (QED) is 0.884. The first-order chi connectivity index (χ1) is 12.0. The van der Waals surface area contributed by atoms with Gasteiger partial charge in [0.1, 0.15) is 11.6 Å². The molecule has 1 N–H and O–H groups in total. The zero-order valence-electron chi connectivity index (χ0n) is 14.4. The predicted molar refractivity (Wildman–Crippen MR) is 94.2 cm³/mol. The maximum Gasteiger partial charge on any atom is 0.239 e. The fraction of sp³-hybridized carbons (Fsp3) is 0.412. The van der Waals surface area contributed by atoms with Crippen molar-refractivity contribution in [3.63, 3.8) is 0 Å². The number of rotatable bonds is 4. The summed E-state index contributed by atoms with van der Waals surface area (Å²) in [6.07, 6.45) is 1.66. The number of hydrogen-bond acceptors (Lipinski definition) is 6. The fourth-order valence-corrected chi connectivity index (χ4v) is 2.91. The van der Waals surface area contributed by atoms with Gasteiger partial charge in [-0.15, -0.1) is 0 Å². The van der Waals surface area contributed by atoms with Crippen molar-refractivity contribution in [2.75, 3.05) is 42.9 Å². The van der Waals surface area contributed by atoms with Gasteiger partial charge in [0.15, 0.2) is 0 Å². The molecule has 130 valence electrons. The van der Waals surface area contributed by atoms with Crippen molar-refractivity contribution in [3.8, 4) is 6.07 Å². The van der Waals surface area contributed by atoms with Gasteiger partial charge in [-0.1, -0.05) is 0 Å². The van der Waals surface area contributed by atoms with E-state index in [9.17, 15) is 4.79 Å². The molecule has 0 bridgehead atoms. The van der Waals surface area contributed by atoms with Gasteiger partial charge in [0.2, 0.25) is 5.91 Å². The van der Waals surface area contributed by atoms with Gasteiger partial charge in [-0.2, -0.15) is 10.4 Å². The molecule has 1 aliphatic heterocycles. The van der Waals surface area contributed by atoms with Crippen molar-refractivity contribution in [2.24, 2.45) is 7.05 Å². The van der Waals surface area contributed by atoms with E-state index in [-0.39, 0.29) is 5.91 Å². The largest absolute Gasteiger partial charge is 0.354 e. The van der Waals surface area contributed by atoms with Crippen LogP contribution in [-0.4, -0.2) is 58.3 Å². The summed E-state index contributed by atoms with van der Waals surface area (Å²) in [5.41, 5.74) is 1.48. The van der Waals surface area contributed by atoms with Crippen LogP contribution in [0.15, 0.2) is 24.4 Å². The first-order valence-electron chi connectivity index (χ1n) is 8.19. The number of hydrogen-bond donors (Lipinski definition) is 1.